The molecule has 1 atom stereocenters. The zero-order valence-corrected chi connectivity index (χ0v) is 19.4. The fraction of sp³-hybridized carbons (Fsp3) is 0.320. The van der Waals surface area contributed by atoms with Crippen LogP contribution in [0.3, 0.4) is 0 Å². The molecule has 2 aromatic carbocycles. The van der Waals surface area contributed by atoms with Gasteiger partial charge < -0.3 is 14.1 Å². The lowest BCUT2D eigenvalue weighted by atomic mass is 9.98. The SMILES string of the molecule is COc1cc2occ(-c3ccc(Cl)cc3Cl)c2cc1/C(C)=C/C(=O)N1CCCCC1C. The number of piperidine rings is 1. The molecule has 0 bridgehead atoms. The molecule has 1 aliphatic heterocycles. The monoisotopic (exact) mass is 457 g/mol. The van der Waals surface area contributed by atoms with Gasteiger partial charge in [0.1, 0.15) is 11.3 Å². The first-order chi connectivity index (χ1) is 14.9. The number of carbonyl (C=O) groups excluding carboxylic acids is 1. The molecule has 0 radical (unpaired) electrons. The van der Waals surface area contributed by atoms with Gasteiger partial charge in [0.2, 0.25) is 5.91 Å². The molecule has 1 amide bonds. The van der Waals surface area contributed by atoms with E-state index in [1.54, 1.807) is 31.6 Å². The van der Waals surface area contributed by atoms with E-state index < -0.39 is 0 Å². The van der Waals surface area contributed by atoms with Gasteiger partial charge in [-0.05, 0) is 56.9 Å². The Bertz CT molecular complexity index is 1170. The number of rotatable bonds is 4. The normalized spacial score (nSPS) is 17.3. The molecule has 3 aromatic rings. The summed E-state index contributed by atoms with van der Waals surface area (Å²) in [5, 5.41) is 2.02. The summed E-state index contributed by atoms with van der Waals surface area (Å²) in [4.78, 5) is 14.9. The van der Waals surface area contributed by atoms with E-state index in [4.69, 9.17) is 32.4 Å². The van der Waals surface area contributed by atoms with Crippen LogP contribution in [-0.2, 0) is 4.79 Å². The molecule has 1 unspecified atom stereocenters. The van der Waals surface area contributed by atoms with E-state index in [1.165, 1.54) is 6.42 Å². The standard InChI is InChI=1S/C25H25Cl2NO3/c1-15(10-25(29)28-9-5-4-6-16(28)2)19-12-20-21(14-31-24(20)13-23(19)30-3)18-8-7-17(26)11-22(18)27/h7-8,10-14,16H,4-6,9H2,1-3H3/b15-10+. The molecule has 4 nitrogen and oxygen atoms in total. The molecule has 2 heterocycles. The van der Waals surface area contributed by atoms with Gasteiger partial charge in [0.25, 0.3) is 0 Å². The number of hydrogen-bond donors (Lipinski definition) is 0. The van der Waals surface area contributed by atoms with Gasteiger partial charge >= 0.3 is 0 Å². The van der Waals surface area contributed by atoms with E-state index in [0.717, 1.165) is 47.0 Å². The van der Waals surface area contributed by atoms with Crippen molar-refractivity contribution >= 4 is 45.7 Å². The molecular formula is C25H25Cl2NO3. The molecule has 6 heteroatoms. The molecule has 0 aliphatic carbocycles. The highest BCUT2D eigenvalue weighted by Gasteiger charge is 2.22. The number of amides is 1. The number of fused-ring (bicyclic) bond motifs is 1. The smallest absolute Gasteiger partial charge is 0.247 e. The van der Waals surface area contributed by atoms with Gasteiger partial charge in [0, 0.05) is 51.8 Å². The molecule has 0 saturated carbocycles. The minimum atomic E-state index is 0.0417. The maximum absolute atomic E-state index is 12.9. The Morgan fingerprint density at radius 2 is 2.00 bits per heavy atom. The Morgan fingerprint density at radius 3 is 2.71 bits per heavy atom. The predicted molar refractivity (Wildman–Crippen MR) is 127 cm³/mol. The third-order valence-corrected chi connectivity index (χ3v) is 6.52. The Labute approximate surface area is 192 Å². The van der Waals surface area contributed by atoms with E-state index in [-0.39, 0.29) is 11.9 Å². The number of methoxy groups -OCH3 is 1. The summed E-state index contributed by atoms with van der Waals surface area (Å²) < 4.78 is 11.4. The summed E-state index contributed by atoms with van der Waals surface area (Å²) >= 11 is 12.5. The Kier molecular flexibility index (Phi) is 6.31. The number of nitrogens with zero attached hydrogens (tertiary/aromatic N) is 1. The van der Waals surface area contributed by atoms with Gasteiger partial charge in [-0.25, -0.2) is 0 Å². The van der Waals surface area contributed by atoms with Crippen LogP contribution in [0, 0.1) is 0 Å². The molecule has 1 aromatic heterocycles. The molecule has 1 saturated heterocycles. The van der Waals surface area contributed by atoms with Gasteiger partial charge in [-0.3, -0.25) is 4.79 Å². The van der Waals surface area contributed by atoms with Crippen LogP contribution in [0.25, 0.3) is 27.7 Å². The van der Waals surface area contributed by atoms with Crippen LogP contribution in [-0.4, -0.2) is 30.5 Å². The van der Waals surface area contributed by atoms with Gasteiger partial charge in [-0.1, -0.05) is 29.3 Å². The molecule has 1 aliphatic rings. The summed E-state index contributed by atoms with van der Waals surface area (Å²) in [5.74, 6) is 0.698. The highest BCUT2D eigenvalue weighted by Crippen LogP contribution is 2.40. The van der Waals surface area contributed by atoms with Crippen molar-refractivity contribution in [3.8, 4) is 16.9 Å². The summed E-state index contributed by atoms with van der Waals surface area (Å²) in [5.41, 5.74) is 4.08. The number of carbonyl (C=O) groups is 1. The third-order valence-electron chi connectivity index (χ3n) is 5.97. The summed E-state index contributed by atoms with van der Waals surface area (Å²) in [6.07, 6.45) is 6.67. The zero-order valence-electron chi connectivity index (χ0n) is 17.9. The number of likely N-dealkylation sites (tertiary alicyclic amines) is 1. The van der Waals surface area contributed by atoms with Crippen LogP contribution in [0.15, 0.2) is 47.1 Å². The van der Waals surface area contributed by atoms with E-state index >= 15 is 0 Å². The Hall–Kier alpha value is -2.43. The fourth-order valence-electron chi connectivity index (χ4n) is 4.22. The topological polar surface area (TPSA) is 42.7 Å². The first-order valence-electron chi connectivity index (χ1n) is 10.4. The zero-order chi connectivity index (χ0) is 22.1. The maximum atomic E-state index is 12.9. The van der Waals surface area contributed by atoms with E-state index in [0.29, 0.717) is 21.4 Å². The van der Waals surface area contributed by atoms with Crippen molar-refractivity contribution in [3.05, 3.63) is 58.3 Å². The molecule has 31 heavy (non-hydrogen) atoms. The molecule has 162 valence electrons. The van der Waals surface area contributed by atoms with Crippen LogP contribution in [0.4, 0.5) is 0 Å². The average molecular weight is 458 g/mol. The molecule has 0 N–H and O–H groups in total. The molecule has 4 rings (SSSR count). The van der Waals surface area contributed by atoms with Gasteiger partial charge in [-0.2, -0.15) is 0 Å². The number of furan rings is 1. The lowest BCUT2D eigenvalue weighted by Gasteiger charge is -2.32. The van der Waals surface area contributed by atoms with Crippen molar-refractivity contribution in [2.75, 3.05) is 13.7 Å². The summed E-state index contributed by atoms with van der Waals surface area (Å²) in [6, 6.07) is 9.51. The average Bonchev–Trinajstić information content (AvgIpc) is 3.15. The Morgan fingerprint density at radius 1 is 1.19 bits per heavy atom. The predicted octanol–water partition coefficient (Wildman–Crippen LogP) is 7.22. The number of allylic oxidation sites excluding steroid dienone is 1. The highest BCUT2D eigenvalue weighted by atomic mass is 35.5. The largest absolute Gasteiger partial charge is 0.496 e. The maximum Gasteiger partial charge on any atom is 0.247 e. The first-order valence-corrected chi connectivity index (χ1v) is 11.2. The fourth-order valence-corrected chi connectivity index (χ4v) is 4.73. The second kappa shape index (κ2) is 8.97. The minimum absolute atomic E-state index is 0.0417. The van der Waals surface area contributed by atoms with Gasteiger partial charge in [0.05, 0.1) is 18.4 Å². The minimum Gasteiger partial charge on any atom is -0.496 e. The van der Waals surface area contributed by atoms with Crippen molar-refractivity contribution in [2.24, 2.45) is 0 Å². The van der Waals surface area contributed by atoms with E-state index in [2.05, 4.69) is 6.92 Å². The highest BCUT2D eigenvalue weighted by molar-refractivity contribution is 6.36. The third kappa shape index (κ3) is 4.32. The first kappa shape index (κ1) is 21.8. The number of hydrogen-bond acceptors (Lipinski definition) is 3. The van der Waals surface area contributed by atoms with Crippen molar-refractivity contribution < 1.29 is 13.9 Å². The van der Waals surface area contributed by atoms with Crippen LogP contribution in [0.5, 0.6) is 5.75 Å². The van der Waals surface area contributed by atoms with Crippen LogP contribution >= 0.6 is 23.2 Å². The van der Waals surface area contributed by atoms with Crippen molar-refractivity contribution in [1.82, 2.24) is 4.90 Å². The second-order valence-corrected chi connectivity index (χ2v) is 8.87. The lowest BCUT2D eigenvalue weighted by Crippen LogP contribution is -2.41. The van der Waals surface area contributed by atoms with E-state index in [1.807, 2.05) is 30.0 Å². The molecule has 1 fully saturated rings. The Balaban J connectivity index is 1.77. The lowest BCUT2D eigenvalue weighted by molar-refractivity contribution is -0.129. The second-order valence-electron chi connectivity index (χ2n) is 8.03. The number of halogens is 2. The van der Waals surface area contributed by atoms with Gasteiger partial charge in [-0.15, -0.1) is 0 Å². The van der Waals surface area contributed by atoms with Crippen LogP contribution < -0.4 is 4.74 Å². The van der Waals surface area contributed by atoms with Gasteiger partial charge in [0.15, 0.2) is 0 Å². The number of benzene rings is 2. The van der Waals surface area contributed by atoms with Crippen LogP contribution in [0.1, 0.15) is 38.7 Å². The summed E-state index contributed by atoms with van der Waals surface area (Å²) in [7, 11) is 1.62. The quantitative estimate of drug-likeness (QED) is 0.388. The van der Waals surface area contributed by atoms with Crippen molar-refractivity contribution in [2.45, 2.75) is 39.2 Å². The van der Waals surface area contributed by atoms with Crippen LogP contribution in [0.2, 0.25) is 10.0 Å². The molecule has 0 spiro atoms. The summed E-state index contributed by atoms with van der Waals surface area (Å²) in [6.45, 7) is 4.85. The van der Waals surface area contributed by atoms with Crippen molar-refractivity contribution in [3.63, 3.8) is 0 Å². The number of ether oxygens (including phenoxy) is 1. The van der Waals surface area contributed by atoms with E-state index in [9.17, 15) is 4.79 Å². The van der Waals surface area contributed by atoms with Crippen molar-refractivity contribution in [1.29, 1.82) is 0 Å². The molecular weight excluding hydrogens is 433 g/mol.